The lowest BCUT2D eigenvalue weighted by atomic mass is 10.1. The van der Waals surface area contributed by atoms with Crippen LogP contribution in [0.25, 0.3) is 0 Å². The first-order chi connectivity index (χ1) is 14.7. The lowest BCUT2D eigenvalue weighted by Crippen LogP contribution is -2.44. The predicted octanol–water partition coefficient (Wildman–Crippen LogP) is -0.854. The summed E-state index contributed by atoms with van der Waals surface area (Å²) in [4.78, 5) is 43.7. The Balaban J connectivity index is 2.35. The van der Waals surface area contributed by atoms with Gasteiger partial charge < -0.3 is 21.1 Å². The van der Waals surface area contributed by atoms with Crippen molar-refractivity contribution in [2.45, 2.75) is 25.9 Å². The Morgan fingerprint density at radius 3 is 1.65 bits per heavy atom. The van der Waals surface area contributed by atoms with Gasteiger partial charge in [0.25, 0.3) is 0 Å². The van der Waals surface area contributed by atoms with Crippen molar-refractivity contribution >= 4 is 17.9 Å². The molecule has 31 heavy (non-hydrogen) atoms. The number of nitrogens with two attached hydrogens (primary N) is 1. The molecule has 2 heterocycles. The van der Waals surface area contributed by atoms with Crippen LogP contribution in [0.5, 0.6) is 0 Å². The fraction of sp³-hybridized carbons (Fsp3) is 0.600. The number of aromatic nitrogens is 1. The second-order valence-electron chi connectivity index (χ2n) is 7.73. The molecule has 1 aliphatic heterocycles. The van der Waals surface area contributed by atoms with Crippen molar-refractivity contribution in [1.29, 1.82) is 0 Å². The van der Waals surface area contributed by atoms with Crippen LogP contribution in [0.2, 0.25) is 0 Å². The Morgan fingerprint density at radius 1 is 0.806 bits per heavy atom. The van der Waals surface area contributed by atoms with Crippen LogP contribution in [0.3, 0.4) is 0 Å². The molecule has 0 aromatic carbocycles. The number of carboxylic acids is 3. The second kappa shape index (κ2) is 12.3. The molecule has 0 spiro atoms. The molecule has 2 rings (SSSR count). The molecule has 0 fully saturated rings. The van der Waals surface area contributed by atoms with E-state index in [1.165, 1.54) is 0 Å². The van der Waals surface area contributed by atoms with Gasteiger partial charge in [-0.3, -0.25) is 34.1 Å². The zero-order valence-electron chi connectivity index (χ0n) is 17.6. The van der Waals surface area contributed by atoms with Crippen molar-refractivity contribution in [3.05, 3.63) is 29.1 Å². The summed E-state index contributed by atoms with van der Waals surface area (Å²) < 4.78 is 0. The van der Waals surface area contributed by atoms with E-state index in [2.05, 4.69) is 4.98 Å². The Hall–Kier alpha value is -2.60. The number of nitrogens with zero attached hydrogens (tertiary/aromatic N) is 4. The van der Waals surface area contributed by atoms with Crippen molar-refractivity contribution < 1.29 is 29.7 Å². The standard InChI is InChI=1S/C20H31N5O6/c21-3-1-2-15-8-16-10-24(13-19(28)29)6-4-23(12-18(26)27)5-7-25(14-20(30)31)11-17(9-15)22-16/h8-9H,1-7,10-14,21H2,(H,26,27)(H,28,29)(H,30,31). The molecule has 11 heteroatoms. The number of hydrogen-bond donors (Lipinski definition) is 4. The minimum absolute atomic E-state index is 0.184. The van der Waals surface area contributed by atoms with E-state index in [4.69, 9.17) is 5.73 Å². The molecule has 0 radical (unpaired) electrons. The molecule has 0 amide bonds. The molecule has 0 unspecified atom stereocenters. The third kappa shape index (κ3) is 9.39. The van der Waals surface area contributed by atoms with Gasteiger partial charge in [-0.1, -0.05) is 0 Å². The minimum Gasteiger partial charge on any atom is -0.480 e. The Morgan fingerprint density at radius 2 is 1.23 bits per heavy atom. The van der Waals surface area contributed by atoms with Gasteiger partial charge in [-0.05, 0) is 37.1 Å². The average molecular weight is 437 g/mol. The summed E-state index contributed by atoms with van der Waals surface area (Å²) in [6.07, 6.45) is 1.55. The van der Waals surface area contributed by atoms with E-state index < -0.39 is 17.9 Å². The van der Waals surface area contributed by atoms with Crippen molar-refractivity contribution in [1.82, 2.24) is 19.7 Å². The quantitative estimate of drug-likeness (QED) is 0.381. The number of carboxylic acid groups (broad SMARTS) is 3. The predicted molar refractivity (Wildman–Crippen MR) is 112 cm³/mol. The highest BCUT2D eigenvalue weighted by Gasteiger charge is 2.20. The summed E-state index contributed by atoms with van der Waals surface area (Å²) in [7, 11) is 0. The maximum Gasteiger partial charge on any atom is 0.317 e. The fourth-order valence-corrected chi connectivity index (χ4v) is 3.63. The van der Waals surface area contributed by atoms with E-state index in [9.17, 15) is 29.7 Å². The van der Waals surface area contributed by atoms with Gasteiger partial charge in [-0.25, -0.2) is 0 Å². The van der Waals surface area contributed by atoms with Crippen LogP contribution in [-0.4, -0.2) is 105 Å². The maximum atomic E-state index is 11.3. The number of rotatable bonds is 9. The number of fused-ring (bicyclic) bond motifs is 2. The molecule has 0 aliphatic carbocycles. The van der Waals surface area contributed by atoms with E-state index >= 15 is 0 Å². The molecule has 0 saturated carbocycles. The summed E-state index contributed by atoms with van der Waals surface area (Å²) in [6.45, 7) is 1.97. The summed E-state index contributed by atoms with van der Waals surface area (Å²) in [6, 6.07) is 3.85. The van der Waals surface area contributed by atoms with Gasteiger partial charge in [0, 0.05) is 39.3 Å². The highest BCUT2D eigenvalue weighted by Crippen LogP contribution is 2.14. The van der Waals surface area contributed by atoms with Crippen molar-refractivity contribution in [2.75, 3.05) is 52.4 Å². The van der Waals surface area contributed by atoms with Crippen LogP contribution >= 0.6 is 0 Å². The monoisotopic (exact) mass is 437 g/mol. The molecule has 172 valence electrons. The van der Waals surface area contributed by atoms with Gasteiger partial charge in [0.15, 0.2) is 0 Å². The zero-order chi connectivity index (χ0) is 22.8. The number of carbonyl (C=O) groups is 3. The molecule has 1 aromatic heterocycles. The van der Waals surface area contributed by atoms with Gasteiger partial charge in [0.1, 0.15) is 0 Å². The van der Waals surface area contributed by atoms with E-state index in [1.54, 1.807) is 14.7 Å². The summed E-state index contributed by atoms with van der Waals surface area (Å²) in [5.74, 6) is -2.92. The highest BCUT2D eigenvalue weighted by atomic mass is 16.4. The van der Waals surface area contributed by atoms with Gasteiger partial charge in [-0.2, -0.15) is 0 Å². The molecule has 5 N–H and O–H groups in total. The highest BCUT2D eigenvalue weighted by molar-refractivity contribution is 5.70. The van der Waals surface area contributed by atoms with Crippen molar-refractivity contribution in [3.63, 3.8) is 0 Å². The normalized spacial score (nSPS) is 16.9. The topological polar surface area (TPSA) is 161 Å². The average Bonchev–Trinajstić information content (AvgIpc) is 2.66. The Kier molecular flexibility index (Phi) is 9.79. The first-order valence-corrected chi connectivity index (χ1v) is 10.3. The summed E-state index contributed by atoms with van der Waals surface area (Å²) in [5, 5.41) is 27.8. The number of hydrogen-bond acceptors (Lipinski definition) is 8. The minimum atomic E-state index is -0.988. The summed E-state index contributed by atoms with van der Waals surface area (Å²) >= 11 is 0. The molecular weight excluding hydrogens is 406 g/mol. The molecular formula is C20H31N5O6. The fourth-order valence-electron chi connectivity index (χ4n) is 3.63. The zero-order valence-corrected chi connectivity index (χ0v) is 17.6. The molecule has 0 saturated heterocycles. The van der Waals surface area contributed by atoms with Gasteiger partial charge >= 0.3 is 17.9 Å². The van der Waals surface area contributed by atoms with E-state index in [1.807, 2.05) is 12.1 Å². The van der Waals surface area contributed by atoms with E-state index in [0.717, 1.165) is 18.4 Å². The third-order valence-electron chi connectivity index (χ3n) is 4.97. The Bertz CT molecular complexity index is 726. The van der Waals surface area contributed by atoms with Crippen LogP contribution in [0.1, 0.15) is 23.4 Å². The van der Waals surface area contributed by atoms with E-state index in [-0.39, 0.29) is 19.6 Å². The molecule has 1 aliphatic rings. The smallest absolute Gasteiger partial charge is 0.317 e. The molecule has 1 aromatic rings. The van der Waals surface area contributed by atoms with Crippen LogP contribution < -0.4 is 5.73 Å². The number of aliphatic carboxylic acids is 3. The first kappa shape index (κ1) is 24.7. The second-order valence-corrected chi connectivity index (χ2v) is 7.73. The Labute approximate surface area is 181 Å². The lowest BCUT2D eigenvalue weighted by molar-refractivity contribution is -0.140. The van der Waals surface area contributed by atoms with Gasteiger partial charge in [0.05, 0.1) is 31.0 Å². The van der Waals surface area contributed by atoms with Crippen LogP contribution in [-0.2, 0) is 33.9 Å². The van der Waals surface area contributed by atoms with Crippen molar-refractivity contribution in [3.8, 4) is 0 Å². The number of aryl methyl sites for hydroxylation is 1. The summed E-state index contributed by atoms with van der Waals surface area (Å²) in [5.41, 5.74) is 8.06. The first-order valence-electron chi connectivity index (χ1n) is 10.3. The van der Waals surface area contributed by atoms with Crippen LogP contribution in [0, 0.1) is 0 Å². The maximum absolute atomic E-state index is 11.3. The molecule has 0 atom stereocenters. The lowest BCUT2D eigenvalue weighted by Gasteiger charge is -2.29. The number of pyridine rings is 1. The third-order valence-corrected chi connectivity index (χ3v) is 4.97. The van der Waals surface area contributed by atoms with Crippen molar-refractivity contribution in [2.24, 2.45) is 5.73 Å². The van der Waals surface area contributed by atoms with E-state index in [0.29, 0.717) is 57.2 Å². The van der Waals surface area contributed by atoms with Crippen LogP contribution in [0.4, 0.5) is 0 Å². The van der Waals surface area contributed by atoms with Crippen LogP contribution in [0.15, 0.2) is 12.1 Å². The molecule has 2 bridgehead atoms. The largest absolute Gasteiger partial charge is 0.480 e. The van der Waals surface area contributed by atoms with Gasteiger partial charge in [0.2, 0.25) is 0 Å². The van der Waals surface area contributed by atoms with Gasteiger partial charge in [-0.15, -0.1) is 0 Å². The molecule has 11 nitrogen and oxygen atoms in total. The SMILES string of the molecule is NCCCc1cc2nc(c1)CN(CC(=O)O)CCN(CC(=O)O)CCN(CC(=O)O)C2.